The Morgan fingerprint density at radius 3 is 2.40 bits per heavy atom. The summed E-state index contributed by atoms with van der Waals surface area (Å²) in [6.07, 6.45) is 0. The molecule has 4 rings (SSSR count). The number of carbonyl (C=O) groups is 1. The van der Waals surface area contributed by atoms with Crippen LogP contribution in [0.2, 0.25) is 0 Å². The first-order chi connectivity index (χ1) is 14.5. The lowest BCUT2D eigenvalue weighted by Crippen LogP contribution is -2.63. The Morgan fingerprint density at radius 1 is 1.13 bits per heavy atom. The number of anilines is 2. The van der Waals surface area contributed by atoms with Crippen LogP contribution in [0.1, 0.15) is 25.5 Å². The van der Waals surface area contributed by atoms with Crippen LogP contribution in [0.5, 0.6) is 0 Å². The van der Waals surface area contributed by atoms with Crippen LogP contribution >= 0.6 is 15.9 Å². The summed E-state index contributed by atoms with van der Waals surface area (Å²) in [5, 5.41) is 4.21. The number of halogens is 1. The van der Waals surface area contributed by atoms with E-state index in [9.17, 15) is 4.79 Å². The number of hydrogen-bond acceptors (Lipinski definition) is 7. The second-order valence-electron chi connectivity index (χ2n) is 8.39. The van der Waals surface area contributed by atoms with E-state index in [0.717, 1.165) is 49.6 Å². The molecule has 0 amide bonds. The SMILES string of the molecule is COC(=O)C(c1cc(N2CC(N3CCN(c4ccc(Br)cc4)CC3)C2)no1)C(C)C. The minimum absolute atomic E-state index is 0.0874. The number of ether oxygens (including phenoxy) is 1. The first kappa shape index (κ1) is 21.2. The molecule has 2 aliphatic heterocycles. The number of carbonyl (C=O) groups excluding carboxylic acids is 1. The molecule has 0 bridgehead atoms. The third-order valence-corrected chi connectivity index (χ3v) is 6.68. The molecule has 162 valence electrons. The van der Waals surface area contributed by atoms with Crippen LogP contribution in [0.25, 0.3) is 0 Å². The quantitative estimate of drug-likeness (QED) is 0.592. The third kappa shape index (κ3) is 4.34. The fraction of sp³-hybridized carbons (Fsp3) is 0.545. The number of methoxy groups -OCH3 is 1. The summed E-state index contributed by atoms with van der Waals surface area (Å²) >= 11 is 3.50. The molecule has 1 atom stereocenters. The minimum Gasteiger partial charge on any atom is -0.468 e. The van der Waals surface area contributed by atoms with Gasteiger partial charge in [0.05, 0.1) is 7.11 Å². The van der Waals surface area contributed by atoms with Crippen LogP contribution in [0, 0.1) is 5.92 Å². The summed E-state index contributed by atoms with van der Waals surface area (Å²) in [7, 11) is 1.41. The summed E-state index contributed by atoms with van der Waals surface area (Å²) < 4.78 is 11.5. The molecule has 2 aromatic rings. The highest BCUT2D eigenvalue weighted by atomic mass is 79.9. The van der Waals surface area contributed by atoms with Crippen molar-refractivity contribution in [3.63, 3.8) is 0 Å². The van der Waals surface area contributed by atoms with Crippen molar-refractivity contribution in [3.05, 3.63) is 40.6 Å². The molecule has 2 saturated heterocycles. The highest BCUT2D eigenvalue weighted by Crippen LogP contribution is 2.31. The van der Waals surface area contributed by atoms with Gasteiger partial charge < -0.3 is 19.1 Å². The second kappa shape index (κ2) is 8.98. The largest absolute Gasteiger partial charge is 0.468 e. The molecule has 30 heavy (non-hydrogen) atoms. The van der Waals surface area contributed by atoms with E-state index < -0.39 is 5.92 Å². The molecule has 0 spiro atoms. The van der Waals surface area contributed by atoms with E-state index in [4.69, 9.17) is 9.26 Å². The summed E-state index contributed by atoms with van der Waals surface area (Å²) in [6.45, 7) is 10.1. The van der Waals surface area contributed by atoms with E-state index in [-0.39, 0.29) is 11.9 Å². The molecule has 0 radical (unpaired) electrons. The predicted molar refractivity (Wildman–Crippen MR) is 120 cm³/mol. The fourth-order valence-corrected chi connectivity index (χ4v) is 4.55. The van der Waals surface area contributed by atoms with Gasteiger partial charge in [-0.25, -0.2) is 0 Å². The van der Waals surface area contributed by atoms with E-state index in [2.05, 4.69) is 60.1 Å². The van der Waals surface area contributed by atoms with Gasteiger partial charge in [-0.05, 0) is 30.2 Å². The average Bonchev–Trinajstić information content (AvgIpc) is 3.16. The van der Waals surface area contributed by atoms with Gasteiger partial charge in [-0.1, -0.05) is 34.9 Å². The number of aromatic nitrogens is 1. The average molecular weight is 477 g/mol. The molecule has 7 nitrogen and oxygen atoms in total. The summed E-state index contributed by atoms with van der Waals surface area (Å²) in [6, 6.07) is 11.0. The van der Waals surface area contributed by atoms with Crippen molar-refractivity contribution in [2.24, 2.45) is 5.92 Å². The molecule has 0 saturated carbocycles. The van der Waals surface area contributed by atoms with Gasteiger partial charge in [0.25, 0.3) is 0 Å². The summed E-state index contributed by atoms with van der Waals surface area (Å²) in [4.78, 5) is 19.3. The van der Waals surface area contributed by atoms with Gasteiger partial charge >= 0.3 is 5.97 Å². The van der Waals surface area contributed by atoms with Crippen molar-refractivity contribution in [1.82, 2.24) is 10.1 Å². The van der Waals surface area contributed by atoms with Gasteiger partial charge in [0.15, 0.2) is 11.6 Å². The van der Waals surface area contributed by atoms with Crippen LogP contribution in [0.3, 0.4) is 0 Å². The Balaban J connectivity index is 1.29. The number of hydrogen-bond donors (Lipinski definition) is 0. The molecule has 1 unspecified atom stereocenters. The van der Waals surface area contributed by atoms with Gasteiger partial charge in [-0.2, -0.15) is 0 Å². The third-order valence-electron chi connectivity index (χ3n) is 6.15. The van der Waals surface area contributed by atoms with Gasteiger partial charge in [-0.3, -0.25) is 9.69 Å². The van der Waals surface area contributed by atoms with E-state index in [1.54, 1.807) is 0 Å². The molecule has 0 aliphatic carbocycles. The number of esters is 1. The van der Waals surface area contributed by atoms with Crippen molar-refractivity contribution in [3.8, 4) is 0 Å². The molecular formula is C22H29BrN4O3. The second-order valence-corrected chi connectivity index (χ2v) is 9.31. The number of nitrogens with zero attached hydrogens (tertiary/aromatic N) is 4. The van der Waals surface area contributed by atoms with Gasteiger partial charge in [0, 0.05) is 61.5 Å². The van der Waals surface area contributed by atoms with Crippen molar-refractivity contribution in [2.45, 2.75) is 25.8 Å². The highest BCUT2D eigenvalue weighted by molar-refractivity contribution is 9.10. The molecule has 3 heterocycles. The van der Waals surface area contributed by atoms with Crippen molar-refractivity contribution in [1.29, 1.82) is 0 Å². The van der Waals surface area contributed by atoms with E-state index >= 15 is 0 Å². The Kier molecular flexibility index (Phi) is 6.34. The first-order valence-corrected chi connectivity index (χ1v) is 11.3. The Bertz CT molecular complexity index is 856. The maximum absolute atomic E-state index is 12.1. The van der Waals surface area contributed by atoms with Crippen LogP contribution in [-0.4, -0.2) is 68.4 Å². The smallest absolute Gasteiger partial charge is 0.316 e. The maximum atomic E-state index is 12.1. The molecule has 2 fully saturated rings. The summed E-state index contributed by atoms with van der Waals surface area (Å²) in [5.74, 6) is 0.782. The molecular weight excluding hydrogens is 448 g/mol. The summed E-state index contributed by atoms with van der Waals surface area (Å²) in [5.41, 5.74) is 1.29. The predicted octanol–water partition coefficient (Wildman–Crippen LogP) is 3.36. The zero-order valence-corrected chi connectivity index (χ0v) is 19.3. The lowest BCUT2D eigenvalue weighted by molar-refractivity contribution is -0.144. The Hall–Kier alpha value is -2.06. The van der Waals surface area contributed by atoms with Crippen LogP contribution in [-0.2, 0) is 9.53 Å². The van der Waals surface area contributed by atoms with Crippen LogP contribution in [0.4, 0.5) is 11.5 Å². The standard InChI is InChI=1S/C22H29BrN4O3/c1-15(2)21(22(28)29-3)19-12-20(24-30-19)27-13-18(14-27)26-10-8-25(9-11-26)17-6-4-16(23)5-7-17/h4-7,12,15,18,21H,8-11,13-14H2,1-3H3. The first-order valence-electron chi connectivity index (χ1n) is 10.5. The van der Waals surface area contributed by atoms with Crippen molar-refractivity contribution >= 4 is 33.4 Å². The molecule has 2 aliphatic rings. The molecule has 1 aromatic heterocycles. The Labute approximate surface area is 186 Å². The van der Waals surface area contributed by atoms with Crippen LogP contribution in [0.15, 0.2) is 39.3 Å². The minimum atomic E-state index is -0.417. The van der Waals surface area contributed by atoms with E-state index in [0.29, 0.717) is 11.8 Å². The highest BCUT2D eigenvalue weighted by Gasteiger charge is 2.36. The molecule has 0 N–H and O–H groups in total. The van der Waals surface area contributed by atoms with Crippen molar-refractivity contribution < 1.29 is 14.1 Å². The van der Waals surface area contributed by atoms with Gasteiger partial charge in [0.2, 0.25) is 0 Å². The fourth-order valence-electron chi connectivity index (χ4n) is 4.29. The maximum Gasteiger partial charge on any atom is 0.316 e. The topological polar surface area (TPSA) is 62.1 Å². The van der Waals surface area contributed by atoms with E-state index in [1.807, 2.05) is 19.9 Å². The molecule has 1 aromatic carbocycles. The Morgan fingerprint density at radius 2 is 1.80 bits per heavy atom. The lowest BCUT2D eigenvalue weighted by Gasteiger charge is -2.48. The number of benzene rings is 1. The monoisotopic (exact) mass is 476 g/mol. The van der Waals surface area contributed by atoms with Crippen molar-refractivity contribution in [2.75, 3.05) is 56.2 Å². The van der Waals surface area contributed by atoms with E-state index in [1.165, 1.54) is 12.8 Å². The number of rotatable bonds is 6. The molecule has 8 heteroatoms. The zero-order valence-electron chi connectivity index (χ0n) is 17.8. The van der Waals surface area contributed by atoms with Gasteiger partial charge in [0.1, 0.15) is 5.92 Å². The van der Waals surface area contributed by atoms with Gasteiger partial charge in [-0.15, -0.1) is 0 Å². The van der Waals surface area contributed by atoms with Crippen LogP contribution < -0.4 is 9.80 Å². The zero-order chi connectivity index (χ0) is 21.3. The number of piperazine rings is 1. The normalized spacial score (nSPS) is 19.1. The lowest BCUT2D eigenvalue weighted by atomic mass is 9.93.